The van der Waals surface area contributed by atoms with Gasteiger partial charge >= 0.3 is 0 Å². The molecular weight excluding hydrogens is 241 g/mol. The molecule has 0 aromatic rings. The third-order valence-electron chi connectivity index (χ3n) is 1.52. The van der Waals surface area contributed by atoms with Crippen LogP contribution in [0.15, 0.2) is 5.10 Å². The first-order chi connectivity index (χ1) is 4.63. The SMILES string of the molecule is CC(C)N1C=NN(C)C1I. The van der Waals surface area contributed by atoms with Crippen LogP contribution in [0.1, 0.15) is 13.8 Å². The molecule has 0 saturated carbocycles. The average Bonchev–Trinajstić information content (AvgIpc) is 2.14. The van der Waals surface area contributed by atoms with Gasteiger partial charge < -0.3 is 4.90 Å². The molecule has 0 aliphatic carbocycles. The first-order valence-electron chi connectivity index (χ1n) is 3.31. The summed E-state index contributed by atoms with van der Waals surface area (Å²) in [5, 5.41) is 6.09. The molecule has 58 valence electrons. The second-order valence-corrected chi connectivity index (χ2v) is 3.77. The third kappa shape index (κ3) is 1.36. The molecule has 0 fully saturated rings. The average molecular weight is 253 g/mol. The Hall–Kier alpha value is 0. The number of halogens is 1. The van der Waals surface area contributed by atoms with Gasteiger partial charge in [-0.25, -0.2) is 0 Å². The maximum absolute atomic E-state index is 4.15. The summed E-state index contributed by atoms with van der Waals surface area (Å²) in [7, 11) is 1.98. The normalized spacial score (nSPS) is 25.1. The zero-order chi connectivity index (χ0) is 7.72. The maximum atomic E-state index is 4.15. The van der Waals surface area contributed by atoms with Gasteiger partial charge in [0, 0.05) is 13.1 Å². The minimum atomic E-state index is 0.387. The van der Waals surface area contributed by atoms with Crippen LogP contribution in [0.25, 0.3) is 0 Å². The van der Waals surface area contributed by atoms with Crippen LogP contribution in [0.2, 0.25) is 0 Å². The molecule has 0 saturated heterocycles. The van der Waals surface area contributed by atoms with Gasteiger partial charge in [-0.1, -0.05) is 0 Å². The zero-order valence-electron chi connectivity index (χ0n) is 6.45. The first-order valence-corrected chi connectivity index (χ1v) is 4.56. The summed E-state index contributed by atoms with van der Waals surface area (Å²) in [4.78, 5) is 2.21. The van der Waals surface area contributed by atoms with Crippen LogP contribution in [0, 0.1) is 0 Å². The van der Waals surface area contributed by atoms with Gasteiger partial charge in [-0.15, -0.1) is 0 Å². The molecule has 0 bridgehead atoms. The van der Waals surface area contributed by atoms with Crippen LogP contribution in [0.3, 0.4) is 0 Å². The molecule has 4 heteroatoms. The van der Waals surface area contributed by atoms with E-state index in [0.717, 1.165) is 0 Å². The lowest BCUT2D eigenvalue weighted by Crippen LogP contribution is -2.37. The van der Waals surface area contributed by atoms with Crippen molar-refractivity contribution in [2.45, 2.75) is 24.1 Å². The Bertz CT molecular complexity index is 146. The monoisotopic (exact) mass is 253 g/mol. The van der Waals surface area contributed by atoms with Gasteiger partial charge in [0.1, 0.15) is 6.34 Å². The topological polar surface area (TPSA) is 18.8 Å². The van der Waals surface area contributed by atoms with Crippen molar-refractivity contribution >= 4 is 28.9 Å². The van der Waals surface area contributed by atoms with Gasteiger partial charge in [0.2, 0.25) is 0 Å². The molecule has 0 radical (unpaired) electrons. The fourth-order valence-electron chi connectivity index (χ4n) is 0.823. The Labute approximate surface area is 75.2 Å². The number of nitrogens with zero attached hydrogens (tertiary/aromatic N) is 3. The fraction of sp³-hybridized carbons (Fsp3) is 0.833. The van der Waals surface area contributed by atoms with Gasteiger partial charge in [-0.05, 0) is 36.4 Å². The molecule has 1 heterocycles. The summed E-state index contributed by atoms with van der Waals surface area (Å²) in [5.41, 5.74) is 0. The van der Waals surface area contributed by atoms with E-state index in [1.807, 2.05) is 18.4 Å². The molecule has 0 aromatic carbocycles. The van der Waals surface area contributed by atoms with E-state index in [2.05, 4.69) is 46.4 Å². The zero-order valence-corrected chi connectivity index (χ0v) is 8.61. The summed E-state index contributed by atoms with van der Waals surface area (Å²) in [6.45, 7) is 4.33. The Kier molecular flexibility index (Phi) is 2.38. The molecule has 0 amide bonds. The van der Waals surface area contributed by atoms with Gasteiger partial charge in [0.25, 0.3) is 0 Å². The first kappa shape index (κ1) is 8.10. The van der Waals surface area contributed by atoms with Crippen molar-refractivity contribution in [3.63, 3.8) is 0 Å². The summed E-state index contributed by atoms with van der Waals surface area (Å²) in [6.07, 6.45) is 1.89. The molecule has 1 aliphatic heterocycles. The highest BCUT2D eigenvalue weighted by Crippen LogP contribution is 2.18. The van der Waals surface area contributed by atoms with E-state index in [0.29, 0.717) is 10.2 Å². The van der Waals surface area contributed by atoms with Crippen molar-refractivity contribution in [1.82, 2.24) is 9.91 Å². The standard InChI is InChI=1S/C6H12IN3/c1-5(2)10-4-8-9(3)6(10)7/h4-6H,1-3H3. The van der Waals surface area contributed by atoms with E-state index in [4.69, 9.17) is 0 Å². The highest BCUT2D eigenvalue weighted by molar-refractivity contribution is 14.1. The molecular formula is C6H12IN3. The molecule has 1 unspecified atom stereocenters. The highest BCUT2D eigenvalue weighted by atomic mass is 127. The maximum Gasteiger partial charge on any atom is 0.171 e. The fourth-order valence-corrected chi connectivity index (χ4v) is 1.75. The molecule has 0 N–H and O–H groups in total. The van der Waals surface area contributed by atoms with E-state index in [1.54, 1.807) is 0 Å². The van der Waals surface area contributed by atoms with Gasteiger partial charge in [-0.2, -0.15) is 5.10 Å². The predicted molar refractivity (Wildman–Crippen MR) is 51.0 cm³/mol. The lowest BCUT2D eigenvalue weighted by Gasteiger charge is -2.26. The third-order valence-corrected chi connectivity index (χ3v) is 2.97. The summed E-state index contributed by atoms with van der Waals surface area (Å²) >= 11 is 2.36. The number of hydrogen-bond donors (Lipinski definition) is 0. The van der Waals surface area contributed by atoms with Crippen molar-refractivity contribution < 1.29 is 0 Å². The van der Waals surface area contributed by atoms with Crippen LogP contribution < -0.4 is 0 Å². The molecule has 1 rings (SSSR count). The Morgan fingerprint density at radius 1 is 1.60 bits per heavy atom. The molecule has 10 heavy (non-hydrogen) atoms. The van der Waals surface area contributed by atoms with Crippen molar-refractivity contribution in [1.29, 1.82) is 0 Å². The van der Waals surface area contributed by atoms with Gasteiger partial charge in [0.05, 0.1) is 0 Å². The van der Waals surface area contributed by atoms with Crippen molar-refractivity contribution in [2.24, 2.45) is 5.10 Å². The largest absolute Gasteiger partial charge is 0.329 e. The van der Waals surface area contributed by atoms with E-state index in [9.17, 15) is 0 Å². The lowest BCUT2D eigenvalue weighted by molar-refractivity contribution is 0.231. The van der Waals surface area contributed by atoms with Gasteiger partial charge in [0.15, 0.2) is 4.17 Å². The number of hydrazone groups is 1. The second-order valence-electron chi connectivity index (χ2n) is 2.66. The Morgan fingerprint density at radius 2 is 2.20 bits per heavy atom. The quantitative estimate of drug-likeness (QED) is 0.398. The summed E-state index contributed by atoms with van der Waals surface area (Å²) in [5.74, 6) is 0. The van der Waals surface area contributed by atoms with Crippen LogP contribution in [-0.4, -0.2) is 33.5 Å². The minimum Gasteiger partial charge on any atom is -0.329 e. The van der Waals surface area contributed by atoms with Gasteiger partial charge in [-0.3, -0.25) is 5.01 Å². The molecule has 1 atom stereocenters. The minimum absolute atomic E-state index is 0.387. The number of alkyl halides is 1. The van der Waals surface area contributed by atoms with Crippen LogP contribution in [0.5, 0.6) is 0 Å². The van der Waals surface area contributed by atoms with E-state index < -0.39 is 0 Å². The van der Waals surface area contributed by atoms with Crippen molar-refractivity contribution in [3.05, 3.63) is 0 Å². The second kappa shape index (κ2) is 2.94. The van der Waals surface area contributed by atoms with Crippen molar-refractivity contribution in [2.75, 3.05) is 7.05 Å². The van der Waals surface area contributed by atoms with E-state index >= 15 is 0 Å². The Balaban J connectivity index is 2.58. The predicted octanol–water partition coefficient (Wildman–Crippen LogP) is 1.30. The van der Waals surface area contributed by atoms with E-state index in [1.165, 1.54) is 0 Å². The molecule has 0 aromatic heterocycles. The molecule has 0 spiro atoms. The van der Waals surface area contributed by atoms with E-state index in [-0.39, 0.29) is 0 Å². The number of hydrogen-bond acceptors (Lipinski definition) is 3. The van der Waals surface area contributed by atoms with Crippen molar-refractivity contribution in [3.8, 4) is 0 Å². The highest BCUT2D eigenvalue weighted by Gasteiger charge is 2.23. The molecule has 3 nitrogen and oxygen atoms in total. The number of rotatable bonds is 1. The molecule has 1 aliphatic rings. The van der Waals surface area contributed by atoms with Crippen LogP contribution in [0.4, 0.5) is 0 Å². The summed E-state index contributed by atoms with van der Waals surface area (Å²) in [6, 6.07) is 0.538. The van der Waals surface area contributed by atoms with Crippen LogP contribution >= 0.6 is 22.6 Å². The smallest absolute Gasteiger partial charge is 0.171 e. The lowest BCUT2D eigenvalue weighted by atomic mass is 10.4. The summed E-state index contributed by atoms with van der Waals surface area (Å²) < 4.78 is 0.387. The van der Waals surface area contributed by atoms with Crippen LogP contribution in [-0.2, 0) is 0 Å². The Morgan fingerprint density at radius 3 is 2.40 bits per heavy atom.